The number of amides is 1. The predicted octanol–water partition coefficient (Wildman–Crippen LogP) is 2.85. The Labute approximate surface area is 150 Å². The van der Waals surface area contributed by atoms with E-state index in [1.165, 1.54) is 32.4 Å². The van der Waals surface area contributed by atoms with Crippen molar-refractivity contribution in [2.24, 2.45) is 0 Å². The van der Waals surface area contributed by atoms with Crippen LogP contribution in [0.25, 0.3) is 0 Å². The van der Waals surface area contributed by atoms with Gasteiger partial charge in [-0.15, -0.1) is 0 Å². The number of ether oxygens (including phenoxy) is 2. The molecule has 1 N–H and O–H groups in total. The Bertz CT molecular complexity index is 537. The van der Waals surface area contributed by atoms with E-state index in [9.17, 15) is 4.79 Å². The molecule has 2 fully saturated rings. The summed E-state index contributed by atoms with van der Waals surface area (Å²) in [6, 6.07) is 7.41. The fourth-order valence-electron chi connectivity index (χ4n) is 3.48. The molecule has 0 saturated carbocycles. The third kappa shape index (κ3) is 6.01. The molecule has 0 spiro atoms. The van der Waals surface area contributed by atoms with E-state index in [0.29, 0.717) is 12.2 Å². The van der Waals surface area contributed by atoms with Crippen molar-refractivity contribution >= 4 is 5.91 Å². The summed E-state index contributed by atoms with van der Waals surface area (Å²) in [4.78, 5) is 14.8. The molecule has 0 aromatic heterocycles. The first-order valence-corrected chi connectivity index (χ1v) is 9.66. The highest BCUT2D eigenvalue weighted by atomic mass is 16.5. The number of carbonyl (C=O) groups excluding carboxylic acids is 1. The second kappa shape index (κ2) is 9.78. The van der Waals surface area contributed by atoms with Crippen LogP contribution >= 0.6 is 0 Å². The molecular formula is C20H30N2O3. The standard InChI is InChI=1S/C20H30N2O3/c23-20(21-10-6-13-22-11-2-1-3-12-22)17-7-4-8-18(15-17)25-16-19-9-5-14-24-19/h4,7-8,15,19H,1-3,5-6,9-14,16H2,(H,21,23). The maximum absolute atomic E-state index is 12.3. The number of carbonyl (C=O) groups is 1. The SMILES string of the molecule is O=C(NCCCN1CCCCC1)c1cccc(OCC2CCCO2)c1. The lowest BCUT2D eigenvalue weighted by molar-refractivity contribution is 0.0679. The van der Waals surface area contributed by atoms with Gasteiger partial charge in [-0.25, -0.2) is 0 Å². The van der Waals surface area contributed by atoms with Gasteiger partial charge in [-0.05, 0) is 69.9 Å². The molecule has 2 heterocycles. The van der Waals surface area contributed by atoms with Gasteiger partial charge in [-0.2, -0.15) is 0 Å². The summed E-state index contributed by atoms with van der Waals surface area (Å²) in [5.74, 6) is 0.706. The fourth-order valence-corrected chi connectivity index (χ4v) is 3.48. The Hall–Kier alpha value is -1.59. The number of hydrogen-bond donors (Lipinski definition) is 1. The van der Waals surface area contributed by atoms with Gasteiger partial charge >= 0.3 is 0 Å². The summed E-state index contributed by atoms with van der Waals surface area (Å²) in [5, 5.41) is 3.02. The van der Waals surface area contributed by atoms with Gasteiger partial charge in [-0.3, -0.25) is 4.79 Å². The van der Waals surface area contributed by atoms with Gasteiger partial charge in [0.1, 0.15) is 12.4 Å². The van der Waals surface area contributed by atoms with Crippen molar-refractivity contribution < 1.29 is 14.3 Å². The van der Waals surface area contributed by atoms with Crippen molar-refractivity contribution in [2.75, 3.05) is 39.4 Å². The zero-order valence-corrected chi connectivity index (χ0v) is 15.0. The number of rotatable bonds is 8. The number of likely N-dealkylation sites (tertiary alicyclic amines) is 1. The summed E-state index contributed by atoms with van der Waals surface area (Å²) >= 11 is 0. The quantitative estimate of drug-likeness (QED) is 0.736. The first-order valence-electron chi connectivity index (χ1n) is 9.66. The maximum atomic E-state index is 12.3. The van der Waals surface area contributed by atoms with Crippen LogP contribution in [0.4, 0.5) is 0 Å². The largest absolute Gasteiger partial charge is 0.491 e. The van der Waals surface area contributed by atoms with Crippen LogP contribution in [0.5, 0.6) is 5.75 Å². The third-order valence-electron chi connectivity index (χ3n) is 4.94. The van der Waals surface area contributed by atoms with E-state index in [0.717, 1.165) is 44.7 Å². The number of benzene rings is 1. The van der Waals surface area contributed by atoms with Crippen molar-refractivity contribution in [3.05, 3.63) is 29.8 Å². The second-order valence-corrected chi connectivity index (χ2v) is 6.99. The van der Waals surface area contributed by atoms with Gasteiger partial charge in [-0.1, -0.05) is 12.5 Å². The molecule has 2 saturated heterocycles. The van der Waals surface area contributed by atoms with Gasteiger partial charge < -0.3 is 19.7 Å². The first kappa shape index (κ1) is 18.2. The van der Waals surface area contributed by atoms with Gasteiger partial charge in [0, 0.05) is 18.7 Å². The molecule has 1 unspecified atom stereocenters. The highest BCUT2D eigenvalue weighted by Crippen LogP contribution is 2.17. The molecule has 1 aromatic carbocycles. The minimum atomic E-state index is -0.0267. The van der Waals surface area contributed by atoms with E-state index < -0.39 is 0 Å². The van der Waals surface area contributed by atoms with Crippen LogP contribution in [-0.2, 0) is 4.74 Å². The zero-order valence-electron chi connectivity index (χ0n) is 15.0. The number of nitrogens with one attached hydrogen (secondary N) is 1. The Morgan fingerprint density at radius 1 is 1.24 bits per heavy atom. The fraction of sp³-hybridized carbons (Fsp3) is 0.650. The lowest BCUT2D eigenvalue weighted by Gasteiger charge is -2.26. The van der Waals surface area contributed by atoms with Crippen LogP contribution in [0.15, 0.2) is 24.3 Å². The van der Waals surface area contributed by atoms with Gasteiger partial charge in [0.05, 0.1) is 6.10 Å². The molecule has 2 aliphatic rings. The molecule has 3 rings (SSSR count). The molecular weight excluding hydrogens is 316 g/mol. The normalized spacial score (nSPS) is 21.2. The van der Waals surface area contributed by atoms with Crippen molar-refractivity contribution in [1.82, 2.24) is 10.2 Å². The Morgan fingerprint density at radius 2 is 2.12 bits per heavy atom. The van der Waals surface area contributed by atoms with Crippen molar-refractivity contribution in [3.8, 4) is 5.75 Å². The second-order valence-electron chi connectivity index (χ2n) is 6.99. The van der Waals surface area contributed by atoms with E-state index in [-0.39, 0.29) is 12.0 Å². The molecule has 5 nitrogen and oxygen atoms in total. The van der Waals surface area contributed by atoms with Crippen molar-refractivity contribution in [2.45, 2.75) is 44.6 Å². The van der Waals surface area contributed by atoms with E-state index in [4.69, 9.17) is 9.47 Å². The summed E-state index contributed by atoms with van der Waals surface area (Å²) < 4.78 is 11.3. The molecule has 5 heteroatoms. The highest BCUT2D eigenvalue weighted by molar-refractivity contribution is 5.94. The lowest BCUT2D eigenvalue weighted by atomic mass is 10.1. The van der Waals surface area contributed by atoms with Crippen LogP contribution in [0.3, 0.4) is 0 Å². The summed E-state index contributed by atoms with van der Waals surface area (Å²) in [6.45, 7) is 5.59. The third-order valence-corrected chi connectivity index (χ3v) is 4.94. The Kier molecular flexibility index (Phi) is 7.12. The van der Waals surface area contributed by atoms with Crippen molar-refractivity contribution in [1.29, 1.82) is 0 Å². The van der Waals surface area contributed by atoms with Gasteiger partial charge in [0.2, 0.25) is 0 Å². The Morgan fingerprint density at radius 3 is 2.92 bits per heavy atom. The average molecular weight is 346 g/mol. The summed E-state index contributed by atoms with van der Waals surface area (Å²) in [5.41, 5.74) is 0.655. The van der Waals surface area contributed by atoms with Crippen LogP contribution in [0.1, 0.15) is 48.9 Å². The van der Waals surface area contributed by atoms with Gasteiger partial charge in [0.15, 0.2) is 0 Å². The topological polar surface area (TPSA) is 50.8 Å². The average Bonchev–Trinajstić information content (AvgIpc) is 3.18. The Balaban J connectivity index is 1.38. The molecule has 1 aromatic rings. The molecule has 0 bridgehead atoms. The molecule has 0 aliphatic carbocycles. The number of hydrogen-bond acceptors (Lipinski definition) is 4. The van der Waals surface area contributed by atoms with Crippen LogP contribution in [0, 0.1) is 0 Å². The van der Waals surface area contributed by atoms with E-state index in [1.54, 1.807) is 0 Å². The van der Waals surface area contributed by atoms with Crippen LogP contribution in [-0.4, -0.2) is 56.3 Å². The number of piperidine rings is 1. The van der Waals surface area contributed by atoms with Gasteiger partial charge in [0.25, 0.3) is 5.91 Å². The summed E-state index contributed by atoms with van der Waals surface area (Å²) in [7, 11) is 0. The van der Waals surface area contributed by atoms with E-state index >= 15 is 0 Å². The maximum Gasteiger partial charge on any atom is 0.251 e. The molecule has 1 atom stereocenters. The monoisotopic (exact) mass is 346 g/mol. The minimum Gasteiger partial charge on any atom is -0.491 e. The highest BCUT2D eigenvalue weighted by Gasteiger charge is 2.16. The minimum absolute atomic E-state index is 0.0267. The number of nitrogens with zero attached hydrogens (tertiary/aromatic N) is 1. The molecule has 2 aliphatic heterocycles. The summed E-state index contributed by atoms with van der Waals surface area (Å²) in [6.07, 6.45) is 7.33. The molecule has 0 radical (unpaired) electrons. The molecule has 138 valence electrons. The van der Waals surface area contributed by atoms with Crippen LogP contribution < -0.4 is 10.1 Å². The smallest absolute Gasteiger partial charge is 0.251 e. The predicted molar refractivity (Wildman–Crippen MR) is 98.2 cm³/mol. The molecule has 1 amide bonds. The lowest BCUT2D eigenvalue weighted by Crippen LogP contribution is -2.33. The van der Waals surface area contributed by atoms with Crippen LogP contribution in [0.2, 0.25) is 0 Å². The first-order chi connectivity index (χ1) is 12.3. The van der Waals surface area contributed by atoms with E-state index in [2.05, 4.69) is 10.2 Å². The van der Waals surface area contributed by atoms with E-state index in [1.807, 2.05) is 24.3 Å². The molecule has 25 heavy (non-hydrogen) atoms. The van der Waals surface area contributed by atoms with Crippen molar-refractivity contribution in [3.63, 3.8) is 0 Å². The zero-order chi connectivity index (χ0) is 17.3.